The molecule has 3 heterocycles. The molecule has 26 heavy (non-hydrogen) atoms. The van der Waals surface area contributed by atoms with Crippen molar-refractivity contribution in [1.29, 1.82) is 0 Å². The molecule has 2 aromatic rings. The summed E-state index contributed by atoms with van der Waals surface area (Å²) in [4.78, 5) is 12.2. The Morgan fingerprint density at radius 1 is 1.31 bits per heavy atom. The number of anilines is 1. The summed E-state index contributed by atoms with van der Waals surface area (Å²) in [7, 11) is 0. The van der Waals surface area contributed by atoms with Crippen LogP contribution >= 0.6 is 23.4 Å². The molecule has 1 fully saturated rings. The number of aromatic nitrogens is 2. The summed E-state index contributed by atoms with van der Waals surface area (Å²) < 4.78 is 1.90. The first-order valence-corrected chi connectivity index (χ1v) is 10.2. The van der Waals surface area contributed by atoms with Crippen LogP contribution in [-0.4, -0.2) is 28.0 Å². The highest BCUT2D eigenvalue weighted by atomic mass is 35.5. The first-order valence-electron chi connectivity index (χ1n) is 8.77. The van der Waals surface area contributed by atoms with Gasteiger partial charge in [-0.3, -0.25) is 10.2 Å². The lowest BCUT2D eigenvalue weighted by Gasteiger charge is -2.26. The number of hydrazine groups is 1. The molecule has 0 spiro atoms. The molecule has 138 valence electrons. The molecular formula is C18H22ClN5OS. The van der Waals surface area contributed by atoms with Crippen LogP contribution < -0.4 is 16.2 Å². The SMILES string of the molecule is CC(C)n1ncc2c1NC(=O)CSC2C1CNNC1c1ccc(Cl)cc1. The number of rotatable bonds is 3. The molecule has 2 aliphatic rings. The molecule has 3 N–H and O–H groups in total. The minimum Gasteiger partial charge on any atom is -0.310 e. The van der Waals surface area contributed by atoms with Crippen LogP contribution in [0.5, 0.6) is 0 Å². The summed E-state index contributed by atoms with van der Waals surface area (Å²) in [6.45, 7) is 4.97. The van der Waals surface area contributed by atoms with Crippen molar-refractivity contribution in [2.75, 3.05) is 17.6 Å². The lowest BCUT2D eigenvalue weighted by molar-refractivity contribution is -0.113. The van der Waals surface area contributed by atoms with E-state index in [2.05, 4.69) is 47.2 Å². The molecule has 6 nitrogen and oxygen atoms in total. The third kappa shape index (κ3) is 3.24. The summed E-state index contributed by atoms with van der Waals surface area (Å²) >= 11 is 7.73. The van der Waals surface area contributed by atoms with Gasteiger partial charge in [0.1, 0.15) is 5.82 Å². The number of amides is 1. The van der Waals surface area contributed by atoms with E-state index in [0.29, 0.717) is 5.75 Å². The van der Waals surface area contributed by atoms with Gasteiger partial charge in [0.05, 0.1) is 18.0 Å². The van der Waals surface area contributed by atoms with Gasteiger partial charge in [0.2, 0.25) is 5.91 Å². The number of nitrogens with zero attached hydrogens (tertiary/aromatic N) is 2. The van der Waals surface area contributed by atoms with Gasteiger partial charge in [-0.1, -0.05) is 23.7 Å². The maximum absolute atomic E-state index is 12.2. The predicted octanol–water partition coefficient (Wildman–Crippen LogP) is 3.31. The molecule has 1 saturated heterocycles. The fourth-order valence-electron chi connectivity index (χ4n) is 3.68. The van der Waals surface area contributed by atoms with E-state index in [9.17, 15) is 4.79 Å². The Balaban J connectivity index is 1.70. The molecule has 1 aromatic heterocycles. The quantitative estimate of drug-likeness (QED) is 0.748. The molecule has 4 rings (SSSR count). The summed E-state index contributed by atoms with van der Waals surface area (Å²) in [6, 6.07) is 8.29. The molecular weight excluding hydrogens is 370 g/mol. The van der Waals surface area contributed by atoms with Gasteiger partial charge in [-0.15, -0.1) is 11.8 Å². The number of hydrogen-bond donors (Lipinski definition) is 3. The van der Waals surface area contributed by atoms with Crippen molar-refractivity contribution in [1.82, 2.24) is 20.6 Å². The number of nitrogens with one attached hydrogen (secondary N) is 3. The maximum atomic E-state index is 12.2. The Bertz CT molecular complexity index is 806. The Hall–Kier alpha value is -1.54. The minimum absolute atomic E-state index is 0.0307. The zero-order valence-corrected chi connectivity index (χ0v) is 16.3. The second kappa shape index (κ2) is 7.23. The number of carbonyl (C=O) groups excluding carboxylic acids is 1. The van der Waals surface area contributed by atoms with Crippen molar-refractivity contribution < 1.29 is 4.79 Å². The largest absolute Gasteiger partial charge is 0.310 e. The standard InChI is InChI=1S/C18H22ClN5OS/c1-10(2)24-18-14(8-21-24)17(26-9-15(25)22-18)13-7-20-23-16(13)11-3-5-12(19)6-4-11/h3-6,8,10,13,16-17,20,23H,7,9H2,1-2H3,(H,22,25). The van der Waals surface area contributed by atoms with Gasteiger partial charge in [-0.05, 0) is 31.5 Å². The second-order valence-electron chi connectivity index (χ2n) is 6.98. The average Bonchev–Trinajstić information content (AvgIpc) is 3.21. The third-order valence-corrected chi connectivity index (χ3v) is 6.56. The van der Waals surface area contributed by atoms with Crippen LogP contribution in [0.3, 0.4) is 0 Å². The van der Waals surface area contributed by atoms with Gasteiger partial charge < -0.3 is 5.32 Å². The molecule has 3 unspecified atom stereocenters. The fraction of sp³-hybridized carbons (Fsp3) is 0.444. The fourth-order valence-corrected chi connectivity index (χ4v) is 5.06. The Morgan fingerprint density at radius 2 is 2.08 bits per heavy atom. The average molecular weight is 392 g/mol. The van der Waals surface area contributed by atoms with Crippen LogP contribution in [0.25, 0.3) is 0 Å². The molecule has 1 aromatic carbocycles. The summed E-state index contributed by atoms with van der Waals surface area (Å²) in [5.74, 6) is 1.60. The predicted molar refractivity (Wildman–Crippen MR) is 105 cm³/mol. The Kier molecular flexibility index (Phi) is 4.96. The molecule has 2 aliphatic heterocycles. The zero-order valence-electron chi connectivity index (χ0n) is 14.7. The first kappa shape index (κ1) is 17.9. The number of fused-ring (bicyclic) bond motifs is 1. The van der Waals surface area contributed by atoms with E-state index in [1.165, 1.54) is 5.56 Å². The van der Waals surface area contributed by atoms with Crippen LogP contribution in [0.1, 0.15) is 42.3 Å². The molecule has 3 atom stereocenters. The normalized spacial score (nSPS) is 25.8. The van der Waals surface area contributed by atoms with Gasteiger partial charge in [0, 0.05) is 34.3 Å². The van der Waals surface area contributed by atoms with Crippen LogP contribution in [0.4, 0.5) is 5.82 Å². The van der Waals surface area contributed by atoms with E-state index in [4.69, 9.17) is 11.6 Å². The van der Waals surface area contributed by atoms with E-state index in [0.717, 1.165) is 22.9 Å². The van der Waals surface area contributed by atoms with Crippen molar-refractivity contribution in [2.24, 2.45) is 5.92 Å². The van der Waals surface area contributed by atoms with Gasteiger partial charge >= 0.3 is 0 Å². The molecule has 0 bridgehead atoms. The van der Waals surface area contributed by atoms with Gasteiger partial charge in [0.25, 0.3) is 0 Å². The zero-order chi connectivity index (χ0) is 18.3. The van der Waals surface area contributed by atoms with Crippen molar-refractivity contribution in [3.05, 3.63) is 46.6 Å². The molecule has 0 saturated carbocycles. The van der Waals surface area contributed by atoms with Gasteiger partial charge in [-0.2, -0.15) is 5.10 Å². The third-order valence-electron chi connectivity index (χ3n) is 4.91. The highest BCUT2D eigenvalue weighted by Crippen LogP contribution is 2.47. The first-order chi connectivity index (χ1) is 12.5. The van der Waals surface area contributed by atoms with E-state index in [-0.39, 0.29) is 29.2 Å². The van der Waals surface area contributed by atoms with E-state index < -0.39 is 0 Å². The molecule has 1 amide bonds. The van der Waals surface area contributed by atoms with Crippen LogP contribution in [0, 0.1) is 5.92 Å². The molecule has 0 radical (unpaired) electrons. The number of halogens is 1. The van der Waals surface area contributed by atoms with Gasteiger partial charge in [-0.25, -0.2) is 10.1 Å². The van der Waals surface area contributed by atoms with Crippen molar-refractivity contribution in [3.8, 4) is 0 Å². The second-order valence-corrected chi connectivity index (χ2v) is 8.55. The van der Waals surface area contributed by atoms with Crippen LogP contribution in [-0.2, 0) is 4.79 Å². The molecule has 0 aliphatic carbocycles. The van der Waals surface area contributed by atoms with Crippen molar-refractivity contribution >= 4 is 35.1 Å². The van der Waals surface area contributed by atoms with E-state index in [1.807, 2.05) is 23.0 Å². The van der Waals surface area contributed by atoms with Crippen molar-refractivity contribution in [3.63, 3.8) is 0 Å². The number of carbonyl (C=O) groups is 1. The summed E-state index contributed by atoms with van der Waals surface area (Å²) in [6.07, 6.45) is 1.91. The monoisotopic (exact) mass is 391 g/mol. The summed E-state index contributed by atoms with van der Waals surface area (Å²) in [5, 5.41) is 8.48. The summed E-state index contributed by atoms with van der Waals surface area (Å²) in [5.41, 5.74) is 8.98. The lowest BCUT2D eigenvalue weighted by atomic mass is 9.89. The van der Waals surface area contributed by atoms with Gasteiger partial charge in [0.15, 0.2) is 0 Å². The lowest BCUT2D eigenvalue weighted by Crippen LogP contribution is -2.25. The highest BCUT2D eigenvalue weighted by molar-refractivity contribution is 8.00. The topological polar surface area (TPSA) is 71.0 Å². The highest BCUT2D eigenvalue weighted by Gasteiger charge is 2.39. The minimum atomic E-state index is 0.0307. The van der Waals surface area contributed by atoms with E-state index in [1.54, 1.807) is 11.8 Å². The van der Waals surface area contributed by atoms with Crippen molar-refractivity contribution in [2.45, 2.75) is 31.2 Å². The smallest absolute Gasteiger partial charge is 0.235 e. The molecule has 8 heteroatoms. The number of hydrogen-bond acceptors (Lipinski definition) is 5. The maximum Gasteiger partial charge on any atom is 0.235 e. The van der Waals surface area contributed by atoms with Crippen LogP contribution in [0.2, 0.25) is 5.02 Å². The Morgan fingerprint density at radius 3 is 2.81 bits per heavy atom. The number of benzene rings is 1. The van der Waals surface area contributed by atoms with E-state index >= 15 is 0 Å². The Labute approximate surface area is 162 Å². The number of thioether (sulfide) groups is 1. The van der Waals surface area contributed by atoms with Crippen LogP contribution in [0.15, 0.2) is 30.5 Å².